The molecule has 108 valence electrons. The van der Waals surface area contributed by atoms with Crippen molar-refractivity contribution < 1.29 is 33.0 Å². The fourth-order valence-electron chi connectivity index (χ4n) is 1.98. The van der Waals surface area contributed by atoms with Crippen LogP contribution in [0.3, 0.4) is 0 Å². The number of nitrogens with zero attached hydrogens (tertiary/aromatic N) is 1. The fourth-order valence-corrected chi connectivity index (χ4v) is 1.98. The van der Waals surface area contributed by atoms with Crippen LogP contribution in [0, 0.1) is 0 Å². The van der Waals surface area contributed by atoms with Crippen molar-refractivity contribution in [2.45, 2.75) is 18.2 Å². The first-order valence-corrected chi connectivity index (χ1v) is 5.61. The van der Waals surface area contributed by atoms with Gasteiger partial charge in [0.15, 0.2) is 0 Å². The van der Waals surface area contributed by atoms with E-state index in [0.717, 1.165) is 29.2 Å². The van der Waals surface area contributed by atoms with Crippen molar-refractivity contribution in [3.05, 3.63) is 29.8 Å². The van der Waals surface area contributed by atoms with Gasteiger partial charge in [0.05, 0.1) is 5.56 Å². The molecule has 1 atom stereocenters. The molecule has 2 N–H and O–H groups in total. The number of aliphatic hydroxyl groups is 1. The molecule has 1 aromatic rings. The van der Waals surface area contributed by atoms with Gasteiger partial charge in [-0.3, -0.25) is 4.79 Å². The van der Waals surface area contributed by atoms with Crippen LogP contribution in [0.15, 0.2) is 24.3 Å². The van der Waals surface area contributed by atoms with Gasteiger partial charge in [0.1, 0.15) is 0 Å². The molecule has 1 aliphatic rings. The number of rotatable bonds is 2. The van der Waals surface area contributed by atoms with Gasteiger partial charge in [-0.25, -0.2) is 4.79 Å². The molecule has 1 aliphatic heterocycles. The number of hydrogen-bond donors (Lipinski definition) is 2. The van der Waals surface area contributed by atoms with E-state index in [1.165, 1.54) is 0 Å². The van der Waals surface area contributed by atoms with Crippen molar-refractivity contribution in [2.24, 2.45) is 0 Å². The zero-order valence-corrected chi connectivity index (χ0v) is 10.0. The summed E-state index contributed by atoms with van der Waals surface area (Å²) in [4.78, 5) is 23.6. The van der Waals surface area contributed by atoms with Gasteiger partial charge in [-0.15, -0.1) is 0 Å². The highest BCUT2D eigenvalue weighted by molar-refractivity contribution is 6.14. The number of halogens is 3. The van der Waals surface area contributed by atoms with Crippen molar-refractivity contribution in [3.8, 4) is 0 Å². The van der Waals surface area contributed by atoms with Crippen LogP contribution in [-0.4, -0.2) is 34.2 Å². The Balaban J connectivity index is 2.26. The zero-order chi connectivity index (χ0) is 15.1. The molecule has 1 saturated heterocycles. The zero-order valence-electron chi connectivity index (χ0n) is 10.0. The lowest BCUT2D eigenvalue weighted by Gasteiger charge is -2.19. The molecule has 0 spiro atoms. The smallest absolute Gasteiger partial charge is 0.416 e. The van der Waals surface area contributed by atoms with E-state index in [-0.39, 0.29) is 18.7 Å². The third-order valence-corrected chi connectivity index (χ3v) is 3.16. The lowest BCUT2D eigenvalue weighted by molar-refractivity contribution is -0.162. The molecule has 0 unspecified atom stereocenters. The molecule has 0 aliphatic carbocycles. The van der Waals surface area contributed by atoms with E-state index in [2.05, 4.69) is 0 Å². The van der Waals surface area contributed by atoms with Gasteiger partial charge in [0.2, 0.25) is 5.60 Å². The molecule has 0 bridgehead atoms. The lowest BCUT2D eigenvalue weighted by atomic mass is 10.0. The van der Waals surface area contributed by atoms with Gasteiger partial charge in [0.25, 0.3) is 5.91 Å². The largest absolute Gasteiger partial charge is 0.479 e. The third kappa shape index (κ3) is 2.22. The number of carboxylic acids is 1. The fraction of sp³-hybridized carbons (Fsp3) is 0.333. The van der Waals surface area contributed by atoms with E-state index in [1.807, 2.05) is 0 Å². The summed E-state index contributed by atoms with van der Waals surface area (Å²) in [6, 6.07) is 3.71. The maximum atomic E-state index is 12.4. The summed E-state index contributed by atoms with van der Waals surface area (Å²) >= 11 is 0. The van der Waals surface area contributed by atoms with E-state index in [9.17, 15) is 27.9 Å². The second-order valence-corrected chi connectivity index (χ2v) is 4.42. The van der Waals surface area contributed by atoms with Crippen LogP contribution in [-0.2, 0) is 15.8 Å². The van der Waals surface area contributed by atoms with Crippen molar-refractivity contribution in [1.29, 1.82) is 0 Å². The second kappa shape index (κ2) is 4.48. The Morgan fingerprint density at radius 3 is 2.20 bits per heavy atom. The number of benzene rings is 1. The van der Waals surface area contributed by atoms with Crippen LogP contribution in [0.4, 0.5) is 18.9 Å². The van der Waals surface area contributed by atoms with Crippen LogP contribution in [0.1, 0.15) is 12.0 Å². The van der Waals surface area contributed by atoms with Crippen molar-refractivity contribution in [1.82, 2.24) is 0 Å². The van der Waals surface area contributed by atoms with Crippen molar-refractivity contribution in [2.75, 3.05) is 11.4 Å². The van der Waals surface area contributed by atoms with E-state index >= 15 is 0 Å². The average Bonchev–Trinajstić information content (AvgIpc) is 2.67. The molecule has 2 rings (SSSR count). The SMILES string of the molecule is O=C(O)[C@]1(O)CCN(c2ccc(C(F)(F)F)cc2)C1=O. The molecule has 0 radical (unpaired) electrons. The minimum atomic E-state index is -4.49. The van der Waals surface area contributed by atoms with Gasteiger partial charge in [-0.2, -0.15) is 13.2 Å². The maximum Gasteiger partial charge on any atom is 0.416 e. The topological polar surface area (TPSA) is 77.8 Å². The Hall–Kier alpha value is -2.09. The number of carboxylic acid groups (broad SMARTS) is 1. The molecule has 0 saturated carbocycles. The van der Waals surface area contributed by atoms with Gasteiger partial charge in [-0.05, 0) is 24.3 Å². The Labute approximate surface area is 111 Å². The summed E-state index contributed by atoms with van der Waals surface area (Å²) in [6.45, 7) is -0.0764. The Morgan fingerprint density at radius 1 is 1.25 bits per heavy atom. The number of amides is 1. The second-order valence-electron chi connectivity index (χ2n) is 4.42. The minimum absolute atomic E-state index is 0.0764. The first kappa shape index (κ1) is 14.3. The number of hydrogen-bond acceptors (Lipinski definition) is 3. The summed E-state index contributed by atoms with van der Waals surface area (Å²) in [5.41, 5.74) is -3.27. The van der Waals surface area contributed by atoms with Gasteiger partial charge < -0.3 is 15.1 Å². The molecule has 20 heavy (non-hydrogen) atoms. The Morgan fingerprint density at radius 2 is 1.80 bits per heavy atom. The van der Waals surface area contributed by atoms with Crippen molar-refractivity contribution in [3.63, 3.8) is 0 Å². The average molecular weight is 289 g/mol. The third-order valence-electron chi connectivity index (χ3n) is 3.16. The van der Waals surface area contributed by atoms with Crippen LogP contribution < -0.4 is 4.90 Å². The predicted octanol–water partition coefficient (Wildman–Crippen LogP) is 1.26. The number of carbonyl (C=O) groups excluding carboxylic acids is 1. The molecule has 1 amide bonds. The summed E-state index contributed by atoms with van der Waals surface area (Å²) in [6.07, 6.45) is -4.81. The minimum Gasteiger partial charge on any atom is -0.479 e. The first-order chi connectivity index (χ1) is 9.16. The van der Waals surface area contributed by atoms with Crippen LogP contribution in [0.5, 0.6) is 0 Å². The lowest BCUT2D eigenvalue weighted by Crippen LogP contribution is -2.46. The Kier molecular flexibility index (Phi) is 3.21. The highest BCUT2D eigenvalue weighted by Gasteiger charge is 2.52. The van der Waals surface area contributed by atoms with E-state index in [0.29, 0.717) is 0 Å². The number of alkyl halides is 3. The molecule has 1 heterocycles. The summed E-state index contributed by atoms with van der Waals surface area (Å²) in [7, 11) is 0. The van der Waals surface area contributed by atoms with E-state index in [1.54, 1.807) is 0 Å². The molecular formula is C12H10F3NO4. The summed E-state index contributed by atoms with van der Waals surface area (Å²) in [5.74, 6) is -2.72. The van der Waals surface area contributed by atoms with Crippen LogP contribution >= 0.6 is 0 Å². The number of aliphatic carboxylic acids is 1. The Bertz CT molecular complexity index is 555. The van der Waals surface area contributed by atoms with Gasteiger partial charge in [-0.1, -0.05) is 0 Å². The first-order valence-electron chi connectivity index (χ1n) is 5.61. The maximum absolute atomic E-state index is 12.4. The monoisotopic (exact) mass is 289 g/mol. The molecule has 1 aromatic carbocycles. The summed E-state index contributed by atoms with van der Waals surface area (Å²) in [5, 5.41) is 18.5. The molecular weight excluding hydrogens is 279 g/mol. The molecule has 8 heteroatoms. The van der Waals surface area contributed by atoms with Crippen LogP contribution in [0.2, 0.25) is 0 Å². The quantitative estimate of drug-likeness (QED) is 0.803. The highest BCUT2D eigenvalue weighted by atomic mass is 19.4. The predicted molar refractivity (Wildman–Crippen MR) is 61.0 cm³/mol. The number of anilines is 1. The van der Waals surface area contributed by atoms with Crippen molar-refractivity contribution >= 4 is 17.6 Å². The standard InChI is InChI=1S/C12H10F3NO4/c13-12(14,15)7-1-3-8(4-2-7)16-6-5-11(20,9(16)17)10(18)19/h1-4,20H,5-6H2,(H,18,19)/t11-/m0/s1. The van der Waals surface area contributed by atoms with Gasteiger partial charge in [0, 0.05) is 18.7 Å². The van der Waals surface area contributed by atoms with Crippen LogP contribution in [0.25, 0.3) is 0 Å². The molecule has 0 aromatic heterocycles. The highest BCUT2D eigenvalue weighted by Crippen LogP contribution is 2.33. The molecule has 1 fully saturated rings. The summed E-state index contributed by atoms with van der Waals surface area (Å²) < 4.78 is 37.2. The number of carbonyl (C=O) groups is 2. The van der Waals surface area contributed by atoms with E-state index < -0.39 is 29.2 Å². The normalized spacial score (nSPS) is 23.2. The van der Waals surface area contributed by atoms with E-state index in [4.69, 9.17) is 5.11 Å². The molecule has 5 nitrogen and oxygen atoms in total. The van der Waals surface area contributed by atoms with Gasteiger partial charge >= 0.3 is 12.1 Å².